The van der Waals surface area contributed by atoms with Crippen molar-refractivity contribution in [2.45, 2.75) is 38.1 Å². The SMILES string of the molecule is Nc1cccnc1-c1nncn1C1CCCCC1. The van der Waals surface area contributed by atoms with Crippen molar-refractivity contribution in [3.63, 3.8) is 0 Å². The molecule has 2 N–H and O–H groups in total. The number of anilines is 1. The maximum Gasteiger partial charge on any atom is 0.184 e. The fourth-order valence-electron chi connectivity index (χ4n) is 2.64. The van der Waals surface area contributed by atoms with E-state index in [1.54, 1.807) is 12.5 Å². The molecule has 3 rings (SSSR count). The molecule has 0 atom stereocenters. The lowest BCUT2D eigenvalue weighted by atomic mass is 9.95. The Balaban J connectivity index is 1.98. The molecular weight excluding hydrogens is 226 g/mol. The van der Waals surface area contributed by atoms with Crippen LogP contribution in [0.15, 0.2) is 24.7 Å². The van der Waals surface area contributed by atoms with Gasteiger partial charge in [-0.25, -0.2) is 0 Å². The van der Waals surface area contributed by atoms with Crippen molar-refractivity contribution in [3.05, 3.63) is 24.7 Å². The van der Waals surface area contributed by atoms with E-state index in [1.807, 2.05) is 12.1 Å². The molecule has 0 radical (unpaired) electrons. The van der Waals surface area contributed by atoms with Crippen molar-refractivity contribution in [1.82, 2.24) is 19.7 Å². The van der Waals surface area contributed by atoms with Gasteiger partial charge in [0, 0.05) is 12.2 Å². The standard InChI is InChI=1S/C13H17N5/c14-11-7-4-8-15-12(11)13-17-16-9-18(13)10-5-2-1-3-6-10/h4,7-10H,1-3,5-6,14H2. The average Bonchev–Trinajstić information content (AvgIpc) is 2.89. The Morgan fingerprint density at radius 1 is 1.22 bits per heavy atom. The first-order valence-electron chi connectivity index (χ1n) is 6.46. The number of rotatable bonds is 2. The molecular formula is C13H17N5. The van der Waals surface area contributed by atoms with Gasteiger partial charge in [0.25, 0.3) is 0 Å². The number of hydrogen-bond donors (Lipinski definition) is 1. The first-order valence-corrected chi connectivity index (χ1v) is 6.46. The van der Waals surface area contributed by atoms with Crippen LogP contribution in [-0.2, 0) is 0 Å². The first-order chi connectivity index (χ1) is 8.86. The number of pyridine rings is 1. The van der Waals surface area contributed by atoms with Gasteiger partial charge in [-0.2, -0.15) is 0 Å². The molecule has 2 aromatic heterocycles. The highest BCUT2D eigenvalue weighted by Crippen LogP contribution is 2.31. The van der Waals surface area contributed by atoms with E-state index >= 15 is 0 Å². The van der Waals surface area contributed by atoms with Crippen LogP contribution < -0.4 is 5.73 Å². The van der Waals surface area contributed by atoms with Crippen molar-refractivity contribution in [1.29, 1.82) is 0 Å². The molecule has 2 heterocycles. The lowest BCUT2D eigenvalue weighted by Gasteiger charge is -2.23. The van der Waals surface area contributed by atoms with Crippen molar-refractivity contribution in [2.24, 2.45) is 0 Å². The summed E-state index contributed by atoms with van der Waals surface area (Å²) in [4.78, 5) is 4.33. The monoisotopic (exact) mass is 243 g/mol. The molecule has 18 heavy (non-hydrogen) atoms. The van der Waals surface area contributed by atoms with Crippen LogP contribution in [-0.4, -0.2) is 19.7 Å². The lowest BCUT2D eigenvalue weighted by Crippen LogP contribution is -2.14. The van der Waals surface area contributed by atoms with Gasteiger partial charge in [-0.3, -0.25) is 4.98 Å². The molecule has 0 bridgehead atoms. The maximum atomic E-state index is 5.97. The highest BCUT2D eigenvalue weighted by Gasteiger charge is 2.20. The lowest BCUT2D eigenvalue weighted by molar-refractivity contribution is 0.355. The molecule has 0 unspecified atom stereocenters. The van der Waals surface area contributed by atoms with Gasteiger partial charge in [0.2, 0.25) is 0 Å². The topological polar surface area (TPSA) is 69.6 Å². The number of nitrogens with zero attached hydrogens (tertiary/aromatic N) is 4. The summed E-state index contributed by atoms with van der Waals surface area (Å²) in [5.41, 5.74) is 7.36. The zero-order chi connectivity index (χ0) is 12.4. The maximum absolute atomic E-state index is 5.97. The van der Waals surface area contributed by atoms with Gasteiger partial charge in [-0.05, 0) is 25.0 Å². The molecule has 5 heteroatoms. The Morgan fingerprint density at radius 2 is 2.06 bits per heavy atom. The van der Waals surface area contributed by atoms with Crippen LogP contribution in [0, 0.1) is 0 Å². The fourth-order valence-corrected chi connectivity index (χ4v) is 2.64. The molecule has 0 aromatic carbocycles. The molecule has 0 amide bonds. The van der Waals surface area contributed by atoms with Crippen LogP contribution in [0.2, 0.25) is 0 Å². The van der Waals surface area contributed by atoms with E-state index in [0.717, 1.165) is 11.5 Å². The molecule has 1 saturated carbocycles. The highest BCUT2D eigenvalue weighted by molar-refractivity contribution is 5.66. The smallest absolute Gasteiger partial charge is 0.184 e. The van der Waals surface area contributed by atoms with Gasteiger partial charge in [0.05, 0.1) is 5.69 Å². The van der Waals surface area contributed by atoms with Gasteiger partial charge in [-0.15, -0.1) is 10.2 Å². The molecule has 0 saturated heterocycles. The van der Waals surface area contributed by atoms with E-state index in [2.05, 4.69) is 19.7 Å². The second kappa shape index (κ2) is 4.76. The summed E-state index contributed by atoms with van der Waals surface area (Å²) in [6.45, 7) is 0. The predicted octanol–water partition coefficient (Wildman–Crippen LogP) is 2.43. The zero-order valence-corrected chi connectivity index (χ0v) is 10.3. The van der Waals surface area contributed by atoms with Crippen LogP contribution in [0.1, 0.15) is 38.1 Å². The Hall–Kier alpha value is -1.91. The molecule has 0 spiro atoms. The van der Waals surface area contributed by atoms with Gasteiger partial charge in [0.1, 0.15) is 12.0 Å². The number of aromatic nitrogens is 4. The van der Waals surface area contributed by atoms with Crippen molar-refractivity contribution >= 4 is 5.69 Å². The van der Waals surface area contributed by atoms with Crippen LogP contribution in [0.25, 0.3) is 11.5 Å². The van der Waals surface area contributed by atoms with Crippen molar-refractivity contribution in [2.75, 3.05) is 5.73 Å². The molecule has 94 valence electrons. The third-order valence-electron chi connectivity index (χ3n) is 3.59. The third-order valence-corrected chi connectivity index (χ3v) is 3.59. The molecule has 5 nitrogen and oxygen atoms in total. The minimum absolute atomic E-state index is 0.491. The minimum atomic E-state index is 0.491. The number of nitrogen functional groups attached to an aromatic ring is 1. The third kappa shape index (κ3) is 1.96. The molecule has 1 fully saturated rings. The van der Waals surface area contributed by atoms with Gasteiger partial charge in [0.15, 0.2) is 5.82 Å². The van der Waals surface area contributed by atoms with Gasteiger partial charge >= 0.3 is 0 Å². The van der Waals surface area contributed by atoms with E-state index in [1.165, 1.54) is 32.1 Å². The van der Waals surface area contributed by atoms with Crippen LogP contribution in [0.4, 0.5) is 5.69 Å². The second-order valence-corrected chi connectivity index (χ2v) is 4.79. The summed E-state index contributed by atoms with van der Waals surface area (Å²) in [6, 6.07) is 4.17. The molecule has 2 aromatic rings. The summed E-state index contributed by atoms with van der Waals surface area (Å²) in [6.07, 6.45) is 9.82. The summed E-state index contributed by atoms with van der Waals surface area (Å²) >= 11 is 0. The summed E-state index contributed by atoms with van der Waals surface area (Å²) < 4.78 is 2.14. The Labute approximate surface area is 106 Å². The van der Waals surface area contributed by atoms with E-state index in [-0.39, 0.29) is 0 Å². The largest absolute Gasteiger partial charge is 0.397 e. The van der Waals surface area contributed by atoms with Gasteiger partial charge < -0.3 is 10.3 Å². The second-order valence-electron chi connectivity index (χ2n) is 4.79. The van der Waals surface area contributed by atoms with Crippen LogP contribution >= 0.6 is 0 Å². The summed E-state index contributed by atoms with van der Waals surface area (Å²) in [7, 11) is 0. The van der Waals surface area contributed by atoms with Crippen LogP contribution in [0.3, 0.4) is 0 Å². The van der Waals surface area contributed by atoms with Crippen LogP contribution in [0.5, 0.6) is 0 Å². The van der Waals surface area contributed by atoms with Crippen molar-refractivity contribution in [3.8, 4) is 11.5 Å². The quantitative estimate of drug-likeness (QED) is 0.879. The fraction of sp³-hybridized carbons (Fsp3) is 0.462. The van der Waals surface area contributed by atoms with E-state index < -0.39 is 0 Å². The predicted molar refractivity (Wildman–Crippen MR) is 69.8 cm³/mol. The zero-order valence-electron chi connectivity index (χ0n) is 10.3. The highest BCUT2D eigenvalue weighted by atomic mass is 15.3. The molecule has 0 aliphatic heterocycles. The minimum Gasteiger partial charge on any atom is -0.397 e. The Morgan fingerprint density at radius 3 is 2.83 bits per heavy atom. The summed E-state index contributed by atoms with van der Waals surface area (Å²) in [5.74, 6) is 0.792. The normalized spacial score (nSPS) is 16.9. The molecule has 1 aliphatic rings. The Kier molecular flexibility index (Phi) is 2.96. The van der Waals surface area contributed by atoms with E-state index in [0.29, 0.717) is 11.7 Å². The van der Waals surface area contributed by atoms with Gasteiger partial charge in [-0.1, -0.05) is 19.3 Å². The number of hydrogen-bond acceptors (Lipinski definition) is 4. The van der Waals surface area contributed by atoms with E-state index in [4.69, 9.17) is 5.73 Å². The average molecular weight is 243 g/mol. The molecule has 1 aliphatic carbocycles. The first kappa shape index (κ1) is 11.2. The van der Waals surface area contributed by atoms with Crippen molar-refractivity contribution < 1.29 is 0 Å². The van der Waals surface area contributed by atoms with E-state index in [9.17, 15) is 0 Å². The number of nitrogens with two attached hydrogens (primary N) is 1. The Bertz CT molecular complexity index is 528. The summed E-state index contributed by atoms with van der Waals surface area (Å²) in [5, 5.41) is 8.23.